The zero-order valence-electron chi connectivity index (χ0n) is 12.4. The number of nitrogens with zero attached hydrogens (tertiary/aromatic N) is 6. The van der Waals surface area contributed by atoms with Gasteiger partial charge in [-0.15, -0.1) is 22.0 Å². The van der Waals surface area contributed by atoms with Crippen molar-refractivity contribution in [2.24, 2.45) is 10.2 Å². The van der Waals surface area contributed by atoms with Crippen molar-refractivity contribution in [3.63, 3.8) is 0 Å². The van der Waals surface area contributed by atoms with E-state index in [1.807, 2.05) is 24.5 Å². The maximum atomic E-state index is 9.24. The van der Waals surface area contributed by atoms with E-state index in [4.69, 9.17) is 11.5 Å². The molecule has 0 aliphatic rings. The van der Waals surface area contributed by atoms with Gasteiger partial charge in [-0.05, 0) is 30.5 Å². The molecule has 0 aliphatic heterocycles. The fourth-order valence-electron chi connectivity index (χ4n) is 2.05. The summed E-state index contributed by atoms with van der Waals surface area (Å²) in [5.74, 6) is 0.266. The van der Waals surface area contributed by atoms with Crippen LogP contribution in [0, 0.1) is 11.3 Å². The Morgan fingerprint density at radius 2 is 1.92 bits per heavy atom. The zero-order chi connectivity index (χ0) is 17.3. The number of benzene rings is 1. The van der Waals surface area contributed by atoms with Crippen LogP contribution in [0.1, 0.15) is 5.56 Å². The number of rotatable bonds is 3. The van der Waals surface area contributed by atoms with Crippen molar-refractivity contribution in [1.29, 1.82) is 5.26 Å². The normalized spacial score (nSPS) is 11.2. The number of hydrogen-bond donors (Lipinski definition) is 2. The van der Waals surface area contributed by atoms with E-state index in [1.165, 1.54) is 16.3 Å². The number of aromatic nitrogens is 3. The van der Waals surface area contributed by atoms with Gasteiger partial charge in [0.05, 0.1) is 5.69 Å². The first-order valence-corrected chi connectivity index (χ1v) is 8.66. The fourth-order valence-corrected chi connectivity index (χ4v) is 2.97. The Morgan fingerprint density at radius 1 is 1.21 bits per heavy atom. The number of hydrogen-bond acceptors (Lipinski definition) is 8. The number of nitrogen functional groups attached to an aromatic ring is 2. The van der Waals surface area contributed by atoms with Crippen molar-refractivity contribution in [2.75, 3.05) is 17.7 Å². The first kappa shape index (κ1) is 16.2. The lowest BCUT2D eigenvalue weighted by molar-refractivity contribution is 0.845. The summed E-state index contributed by atoms with van der Waals surface area (Å²) in [5, 5.41) is 22.3. The molecule has 0 bridgehead atoms. The molecule has 8 nitrogen and oxygen atoms in total. The topological polar surface area (TPSA) is 131 Å². The van der Waals surface area contributed by atoms with Crippen molar-refractivity contribution in [1.82, 2.24) is 14.6 Å². The van der Waals surface area contributed by atoms with Crippen LogP contribution < -0.4 is 11.5 Å². The average molecular weight is 403 g/mol. The van der Waals surface area contributed by atoms with Crippen molar-refractivity contribution in [2.45, 2.75) is 5.03 Å². The highest BCUT2D eigenvalue weighted by Gasteiger charge is 2.19. The smallest absolute Gasteiger partial charge is 0.188 e. The molecule has 0 atom stereocenters. The third-order valence-corrected chi connectivity index (χ3v) is 4.44. The molecule has 2 aromatic heterocycles. The van der Waals surface area contributed by atoms with Crippen molar-refractivity contribution in [3.05, 3.63) is 34.3 Å². The molecule has 10 heteroatoms. The summed E-state index contributed by atoms with van der Waals surface area (Å²) in [6.45, 7) is 0. The highest BCUT2D eigenvalue weighted by atomic mass is 79.9. The van der Waals surface area contributed by atoms with Crippen LogP contribution in [0.2, 0.25) is 0 Å². The lowest BCUT2D eigenvalue weighted by atomic mass is 10.3. The monoisotopic (exact) mass is 402 g/mol. The van der Waals surface area contributed by atoms with E-state index >= 15 is 0 Å². The minimum Gasteiger partial charge on any atom is -0.382 e. The van der Waals surface area contributed by atoms with Gasteiger partial charge in [0, 0.05) is 4.47 Å². The minimum atomic E-state index is 0.106. The van der Waals surface area contributed by atoms with Crippen molar-refractivity contribution in [3.8, 4) is 6.07 Å². The Kier molecular flexibility index (Phi) is 4.37. The quantitative estimate of drug-likeness (QED) is 0.390. The van der Waals surface area contributed by atoms with Crippen LogP contribution in [0.25, 0.3) is 5.65 Å². The van der Waals surface area contributed by atoms with E-state index in [0.29, 0.717) is 22.0 Å². The highest BCUT2D eigenvalue weighted by molar-refractivity contribution is 9.10. The molecular weight excluding hydrogens is 392 g/mol. The number of fused-ring (bicyclic) bond motifs is 1. The minimum absolute atomic E-state index is 0.106. The SMILES string of the molecule is CSc1c(C#N)c(N)nc2c(N=Nc3ccc(Br)cc3)c(N)nn12. The van der Waals surface area contributed by atoms with E-state index in [1.54, 1.807) is 12.1 Å². The third-order valence-electron chi connectivity index (χ3n) is 3.15. The second-order valence-corrected chi connectivity index (χ2v) is 6.35. The molecule has 3 rings (SSSR count). The molecule has 2 heterocycles. The van der Waals surface area contributed by atoms with Gasteiger partial charge < -0.3 is 11.5 Å². The molecule has 0 aliphatic carbocycles. The average Bonchev–Trinajstić information content (AvgIpc) is 2.88. The van der Waals surface area contributed by atoms with Crippen LogP contribution in [-0.2, 0) is 0 Å². The highest BCUT2D eigenvalue weighted by Crippen LogP contribution is 2.33. The molecule has 3 aromatic rings. The second-order valence-electron chi connectivity index (χ2n) is 4.64. The molecule has 0 fully saturated rings. The summed E-state index contributed by atoms with van der Waals surface area (Å²) < 4.78 is 2.41. The van der Waals surface area contributed by atoms with E-state index in [-0.39, 0.29) is 17.2 Å². The molecule has 0 saturated heterocycles. The van der Waals surface area contributed by atoms with Gasteiger partial charge in [0.2, 0.25) is 0 Å². The summed E-state index contributed by atoms with van der Waals surface area (Å²) >= 11 is 4.69. The summed E-state index contributed by atoms with van der Waals surface area (Å²) in [6, 6.07) is 9.35. The molecule has 0 unspecified atom stereocenters. The molecule has 0 spiro atoms. The molecule has 120 valence electrons. The number of anilines is 2. The van der Waals surface area contributed by atoms with Gasteiger partial charge in [0.1, 0.15) is 22.5 Å². The Bertz CT molecular complexity index is 987. The van der Waals surface area contributed by atoms with Gasteiger partial charge in [0.15, 0.2) is 17.2 Å². The summed E-state index contributed by atoms with van der Waals surface area (Å²) in [4.78, 5) is 4.20. The van der Waals surface area contributed by atoms with Gasteiger partial charge in [-0.25, -0.2) is 9.50 Å². The number of thioether (sulfide) groups is 1. The number of nitriles is 1. The maximum absolute atomic E-state index is 9.24. The molecule has 1 aromatic carbocycles. The number of azo groups is 1. The first-order valence-electron chi connectivity index (χ1n) is 6.64. The molecular formula is C14H11BrN8S. The van der Waals surface area contributed by atoms with Gasteiger partial charge >= 0.3 is 0 Å². The van der Waals surface area contributed by atoms with Gasteiger partial charge in [-0.1, -0.05) is 15.9 Å². The summed E-state index contributed by atoms with van der Waals surface area (Å²) in [5.41, 5.74) is 13.4. The molecule has 0 amide bonds. The lowest BCUT2D eigenvalue weighted by Gasteiger charge is -2.05. The van der Waals surface area contributed by atoms with E-state index in [9.17, 15) is 5.26 Å². The van der Waals surface area contributed by atoms with Gasteiger partial charge in [-0.2, -0.15) is 10.4 Å². The predicted molar refractivity (Wildman–Crippen MR) is 96.6 cm³/mol. The lowest BCUT2D eigenvalue weighted by Crippen LogP contribution is -2.04. The Labute approximate surface area is 149 Å². The van der Waals surface area contributed by atoms with Crippen LogP contribution in [-0.4, -0.2) is 20.9 Å². The van der Waals surface area contributed by atoms with E-state index in [2.05, 4.69) is 36.2 Å². The number of halogens is 1. The Hall–Kier alpha value is -2.64. The maximum Gasteiger partial charge on any atom is 0.188 e. The Morgan fingerprint density at radius 3 is 2.54 bits per heavy atom. The van der Waals surface area contributed by atoms with Crippen LogP contribution in [0.15, 0.2) is 44.0 Å². The molecule has 4 N–H and O–H groups in total. The fraction of sp³-hybridized carbons (Fsp3) is 0.0714. The largest absolute Gasteiger partial charge is 0.382 e. The van der Waals surface area contributed by atoms with Crippen molar-refractivity contribution >= 4 is 56.3 Å². The molecule has 0 radical (unpaired) electrons. The van der Waals surface area contributed by atoms with Crippen LogP contribution in [0.5, 0.6) is 0 Å². The second kappa shape index (κ2) is 6.46. The standard InChI is InChI=1S/C14H11BrN8S/c1-24-14-9(6-16)11(17)19-13-10(12(18)22-23(13)14)21-20-8-4-2-7(15)3-5-8/h2-5H,1H3,(H2,17,19)(H2,18,22). The third kappa shape index (κ3) is 2.79. The zero-order valence-corrected chi connectivity index (χ0v) is 14.8. The van der Waals surface area contributed by atoms with Crippen LogP contribution in [0.4, 0.5) is 23.0 Å². The predicted octanol–water partition coefficient (Wildman–Crippen LogP) is 3.67. The summed E-state index contributed by atoms with van der Waals surface area (Å²) in [7, 11) is 0. The molecule has 24 heavy (non-hydrogen) atoms. The van der Waals surface area contributed by atoms with Gasteiger partial charge in [0.25, 0.3) is 0 Å². The van der Waals surface area contributed by atoms with Crippen LogP contribution >= 0.6 is 27.7 Å². The van der Waals surface area contributed by atoms with E-state index < -0.39 is 0 Å². The van der Waals surface area contributed by atoms with Crippen molar-refractivity contribution < 1.29 is 0 Å². The number of nitrogens with two attached hydrogens (primary N) is 2. The molecule has 0 saturated carbocycles. The summed E-state index contributed by atoms with van der Waals surface area (Å²) in [6.07, 6.45) is 1.82. The van der Waals surface area contributed by atoms with Gasteiger partial charge in [-0.3, -0.25) is 0 Å². The van der Waals surface area contributed by atoms with E-state index in [0.717, 1.165) is 4.47 Å². The Balaban J connectivity index is 2.15. The van der Waals surface area contributed by atoms with Crippen LogP contribution in [0.3, 0.4) is 0 Å². The first-order chi connectivity index (χ1) is 11.5.